The zero-order chi connectivity index (χ0) is 11.5. The molecule has 1 aromatic rings. The summed E-state index contributed by atoms with van der Waals surface area (Å²) in [6, 6.07) is 4.41. The average Bonchev–Trinajstić information content (AvgIpc) is 2.29. The lowest BCUT2D eigenvalue weighted by Crippen LogP contribution is -2.30. The van der Waals surface area contributed by atoms with Crippen LogP contribution in [0.1, 0.15) is 29.3 Å². The summed E-state index contributed by atoms with van der Waals surface area (Å²) in [5.74, 6) is 0. The lowest BCUT2D eigenvalue weighted by atomic mass is 9.95. The summed E-state index contributed by atoms with van der Waals surface area (Å²) in [5.41, 5.74) is 2.94. The molecule has 1 aliphatic heterocycles. The predicted molar refractivity (Wildman–Crippen MR) is 70.9 cm³/mol. The molecule has 0 fully saturated rings. The zero-order valence-electron chi connectivity index (χ0n) is 8.83. The summed E-state index contributed by atoms with van der Waals surface area (Å²) in [6.45, 7) is 4.71. The second-order valence-electron chi connectivity index (χ2n) is 3.76. The van der Waals surface area contributed by atoms with Crippen molar-refractivity contribution in [3.05, 3.63) is 39.2 Å². The molecule has 82 valence electrons. The maximum Gasteiger partial charge on any atom is 0.119 e. The summed E-state index contributed by atoms with van der Waals surface area (Å²) in [6.07, 6.45) is 3.71. The molecule has 2 heterocycles. The SMILES string of the molecule is C=CCC1NCCc2nc(I)c(C#N)cc21. The maximum atomic E-state index is 9.00. The maximum absolute atomic E-state index is 9.00. The summed E-state index contributed by atoms with van der Waals surface area (Å²) in [5, 5.41) is 12.4. The monoisotopic (exact) mass is 325 g/mol. The number of rotatable bonds is 2. The number of halogens is 1. The zero-order valence-corrected chi connectivity index (χ0v) is 11.0. The Labute approximate surface area is 109 Å². The third-order valence-electron chi connectivity index (χ3n) is 2.74. The molecule has 0 bridgehead atoms. The van der Waals surface area contributed by atoms with E-state index in [9.17, 15) is 0 Å². The van der Waals surface area contributed by atoms with Gasteiger partial charge in [0, 0.05) is 24.7 Å². The van der Waals surface area contributed by atoms with E-state index in [-0.39, 0.29) is 6.04 Å². The summed E-state index contributed by atoms with van der Waals surface area (Å²) in [7, 11) is 0. The summed E-state index contributed by atoms with van der Waals surface area (Å²) in [4.78, 5) is 4.51. The van der Waals surface area contributed by atoms with E-state index >= 15 is 0 Å². The Kier molecular flexibility index (Phi) is 3.56. The van der Waals surface area contributed by atoms with E-state index in [4.69, 9.17) is 5.26 Å². The topological polar surface area (TPSA) is 48.7 Å². The Hall–Kier alpha value is -0.930. The fourth-order valence-electron chi connectivity index (χ4n) is 1.97. The standard InChI is InChI=1S/C12H12IN3/c1-2-3-10-9-6-8(7-14)12(13)16-11(9)4-5-15-10/h2,6,10,15H,1,3-5H2. The van der Waals surface area contributed by atoms with Crippen LogP contribution in [0.25, 0.3) is 0 Å². The van der Waals surface area contributed by atoms with E-state index in [0.717, 1.165) is 34.3 Å². The number of hydrogen-bond donors (Lipinski definition) is 1. The predicted octanol–water partition coefficient (Wildman–Crippen LogP) is 2.32. The van der Waals surface area contributed by atoms with Gasteiger partial charge in [0.15, 0.2) is 0 Å². The molecule has 0 aromatic carbocycles. The Morgan fingerprint density at radius 1 is 1.75 bits per heavy atom. The highest BCUT2D eigenvalue weighted by molar-refractivity contribution is 14.1. The van der Waals surface area contributed by atoms with Crippen molar-refractivity contribution in [2.45, 2.75) is 18.9 Å². The fourth-order valence-corrected chi connectivity index (χ4v) is 2.54. The molecule has 1 atom stereocenters. The van der Waals surface area contributed by atoms with E-state index in [1.807, 2.05) is 12.1 Å². The summed E-state index contributed by atoms with van der Waals surface area (Å²) >= 11 is 2.12. The Morgan fingerprint density at radius 3 is 3.25 bits per heavy atom. The van der Waals surface area contributed by atoms with Gasteiger partial charge in [0.05, 0.1) is 5.56 Å². The first-order valence-electron chi connectivity index (χ1n) is 5.20. The smallest absolute Gasteiger partial charge is 0.119 e. The lowest BCUT2D eigenvalue weighted by molar-refractivity contribution is 0.502. The van der Waals surface area contributed by atoms with Gasteiger partial charge in [-0.3, -0.25) is 0 Å². The van der Waals surface area contributed by atoms with Crippen LogP contribution in [0, 0.1) is 15.0 Å². The minimum absolute atomic E-state index is 0.262. The molecule has 3 nitrogen and oxygen atoms in total. The Balaban J connectivity index is 2.47. The average molecular weight is 325 g/mol. The van der Waals surface area contributed by atoms with Gasteiger partial charge in [-0.25, -0.2) is 4.98 Å². The molecule has 0 spiro atoms. The van der Waals surface area contributed by atoms with E-state index in [0.29, 0.717) is 5.56 Å². The number of hydrogen-bond acceptors (Lipinski definition) is 3. The fraction of sp³-hybridized carbons (Fsp3) is 0.333. The molecular formula is C12H12IN3. The van der Waals surface area contributed by atoms with Gasteiger partial charge in [0.1, 0.15) is 9.77 Å². The molecule has 1 aromatic heterocycles. The molecular weight excluding hydrogens is 313 g/mol. The minimum Gasteiger partial charge on any atom is -0.309 e. The van der Waals surface area contributed by atoms with Gasteiger partial charge in [-0.15, -0.1) is 6.58 Å². The van der Waals surface area contributed by atoms with E-state index in [2.05, 4.69) is 45.5 Å². The molecule has 0 aliphatic carbocycles. The van der Waals surface area contributed by atoms with Crippen molar-refractivity contribution in [2.24, 2.45) is 0 Å². The highest BCUT2D eigenvalue weighted by Gasteiger charge is 2.21. The molecule has 2 rings (SSSR count). The van der Waals surface area contributed by atoms with Crippen LogP contribution in [0.3, 0.4) is 0 Å². The van der Waals surface area contributed by atoms with Crippen molar-refractivity contribution in [2.75, 3.05) is 6.54 Å². The van der Waals surface area contributed by atoms with E-state index in [1.54, 1.807) is 0 Å². The molecule has 0 amide bonds. The molecule has 0 saturated carbocycles. The first-order chi connectivity index (χ1) is 7.76. The van der Waals surface area contributed by atoms with Crippen molar-refractivity contribution < 1.29 is 0 Å². The van der Waals surface area contributed by atoms with Crippen molar-refractivity contribution in [3.8, 4) is 6.07 Å². The largest absolute Gasteiger partial charge is 0.309 e. The third kappa shape index (κ3) is 2.11. The molecule has 4 heteroatoms. The van der Waals surface area contributed by atoms with Crippen LogP contribution >= 0.6 is 22.6 Å². The Bertz CT molecular complexity index is 462. The van der Waals surface area contributed by atoms with Gasteiger partial charge < -0.3 is 5.32 Å². The number of aromatic nitrogens is 1. The van der Waals surface area contributed by atoms with Crippen LogP contribution in [-0.4, -0.2) is 11.5 Å². The number of nitrogens with zero attached hydrogens (tertiary/aromatic N) is 2. The summed E-state index contributed by atoms with van der Waals surface area (Å²) < 4.78 is 0.804. The van der Waals surface area contributed by atoms with Crippen molar-refractivity contribution in [1.82, 2.24) is 10.3 Å². The number of nitrogens with one attached hydrogen (secondary N) is 1. The normalized spacial score (nSPS) is 18.6. The van der Waals surface area contributed by atoms with Gasteiger partial charge in [-0.05, 0) is 40.6 Å². The molecule has 0 saturated heterocycles. The molecule has 1 N–H and O–H groups in total. The van der Waals surface area contributed by atoms with Gasteiger partial charge >= 0.3 is 0 Å². The van der Waals surface area contributed by atoms with Gasteiger partial charge in [-0.1, -0.05) is 6.08 Å². The second kappa shape index (κ2) is 4.93. The first kappa shape index (κ1) is 11.6. The van der Waals surface area contributed by atoms with E-state index in [1.165, 1.54) is 0 Å². The Morgan fingerprint density at radius 2 is 2.56 bits per heavy atom. The van der Waals surface area contributed by atoms with Crippen LogP contribution in [0.2, 0.25) is 0 Å². The quantitative estimate of drug-likeness (QED) is 0.516. The van der Waals surface area contributed by atoms with Crippen LogP contribution < -0.4 is 5.32 Å². The number of nitriles is 1. The van der Waals surface area contributed by atoms with Gasteiger partial charge in [0.25, 0.3) is 0 Å². The van der Waals surface area contributed by atoms with Crippen molar-refractivity contribution in [3.63, 3.8) is 0 Å². The van der Waals surface area contributed by atoms with Crippen LogP contribution in [0.4, 0.5) is 0 Å². The molecule has 0 radical (unpaired) electrons. The van der Waals surface area contributed by atoms with Crippen LogP contribution in [0.5, 0.6) is 0 Å². The highest BCUT2D eigenvalue weighted by atomic mass is 127. The first-order valence-corrected chi connectivity index (χ1v) is 6.28. The molecule has 16 heavy (non-hydrogen) atoms. The number of pyridine rings is 1. The number of fused-ring (bicyclic) bond motifs is 1. The van der Waals surface area contributed by atoms with Crippen LogP contribution in [0.15, 0.2) is 18.7 Å². The second-order valence-corrected chi connectivity index (χ2v) is 4.78. The molecule has 1 aliphatic rings. The van der Waals surface area contributed by atoms with Crippen LogP contribution in [-0.2, 0) is 6.42 Å². The highest BCUT2D eigenvalue weighted by Crippen LogP contribution is 2.26. The lowest BCUT2D eigenvalue weighted by Gasteiger charge is -2.25. The molecule has 1 unspecified atom stereocenters. The van der Waals surface area contributed by atoms with Crippen molar-refractivity contribution in [1.29, 1.82) is 5.26 Å². The van der Waals surface area contributed by atoms with Gasteiger partial charge in [0.2, 0.25) is 0 Å². The third-order valence-corrected chi connectivity index (χ3v) is 3.56. The van der Waals surface area contributed by atoms with E-state index < -0.39 is 0 Å². The minimum atomic E-state index is 0.262. The van der Waals surface area contributed by atoms with Crippen molar-refractivity contribution >= 4 is 22.6 Å². The van der Waals surface area contributed by atoms with Gasteiger partial charge in [-0.2, -0.15) is 5.26 Å².